The highest BCUT2D eigenvalue weighted by Crippen LogP contribution is 2.11. The van der Waals surface area contributed by atoms with Gasteiger partial charge in [0, 0.05) is 18.6 Å². The van der Waals surface area contributed by atoms with Crippen LogP contribution in [0.15, 0.2) is 0 Å². The van der Waals surface area contributed by atoms with Gasteiger partial charge < -0.3 is 10.2 Å². The van der Waals surface area contributed by atoms with Gasteiger partial charge in [-0.1, -0.05) is 13.3 Å². The highest BCUT2D eigenvalue weighted by molar-refractivity contribution is 5.78. The first-order valence-corrected chi connectivity index (χ1v) is 6.58. The minimum Gasteiger partial charge on any atom is -0.342 e. The Morgan fingerprint density at radius 1 is 1.25 bits per heavy atom. The zero-order valence-corrected chi connectivity index (χ0v) is 11.0. The molecular formula is C13H26N2O. The van der Waals surface area contributed by atoms with Gasteiger partial charge in [-0.3, -0.25) is 4.79 Å². The van der Waals surface area contributed by atoms with Gasteiger partial charge in [-0.25, -0.2) is 0 Å². The van der Waals surface area contributed by atoms with E-state index in [4.69, 9.17) is 0 Å². The first kappa shape index (κ1) is 13.5. The second-order valence-electron chi connectivity index (χ2n) is 5.43. The van der Waals surface area contributed by atoms with Crippen molar-refractivity contribution in [3.63, 3.8) is 0 Å². The fraction of sp³-hybridized carbons (Fsp3) is 0.923. The average Bonchev–Trinajstić information content (AvgIpc) is 2.27. The molecule has 1 saturated heterocycles. The molecule has 0 unspecified atom stereocenters. The van der Waals surface area contributed by atoms with Crippen molar-refractivity contribution in [3.05, 3.63) is 0 Å². The van der Waals surface area contributed by atoms with Gasteiger partial charge in [-0.15, -0.1) is 0 Å². The van der Waals surface area contributed by atoms with Gasteiger partial charge in [0.1, 0.15) is 0 Å². The lowest BCUT2D eigenvalue weighted by Crippen LogP contribution is -2.47. The molecule has 1 rings (SSSR count). The van der Waals surface area contributed by atoms with Gasteiger partial charge in [0.15, 0.2) is 0 Å². The molecule has 1 fully saturated rings. The summed E-state index contributed by atoms with van der Waals surface area (Å²) in [5, 5.41) is 3.37. The topological polar surface area (TPSA) is 32.3 Å². The van der Waals surface area contributed by atoms with Crippen LogP contribution in [0.1, 0.15) is 52.9 Å². The van der Waals surface area contributed by atoms with Gasteiger partial charge >= 0.3 is 0 Å². The smallest absolute Gasteiger partial charge is 0.236 e. The van der Waals surface area contributed by atoms with Crippen LogP contribution < -0.4 is 5.32 Å². The Hall–Kier alpha value is -0.570. The summed E-state index contributed by atoms with van der Waals surface area (Å²) >= 11 is 0. The number of rotatable bonds is 5. The summed E-state index contributed by atoms with van der Waals surface area (Å²) in [6, 6.07) is 0. The number of hydrogen-bond donors (Lipinski definition) is 1. The second-order valence-corrected chi connectivity index (χ2v) is 5.43. The number of piperidine rings is 1. The van der Waals surface area contributed by atoms with Crippen molar-refractivity contribution >= 4 is 5.91 Å². The first-order chi connectivity index (χ1) is 7.55. The van der Waals surface area contributed by atoms with Crippen LogP contribution in [-0.4, -0.2) is 36.0 Å². The summed E-state index contributed by atoms with van der Waals surface area (Å²) < 4.78 is 0. The van der Waals surface area contributed by atoms with Gasteiger partial charge in [0.05, 0.1) is 6.54 Å². The second kappa shape index (κ2) is 6.24. The van der Waals surface area contributed by atoms with E-state index in [2.05, 4.69) is 26.1 Å². The minimum atomic E-state index is 0.0835. The maximum absolute atomic E-state index is 11.9. The van der Waals surface area contributed by atoms with Crippen molar-refractivity contribution in [3.8, 4) is 0 Å². The Kier molecular flexibility index (Phi) is 5.26. The normalized spacial score (nSPS) is 17.6. The van der Waals surface area contributed by atoms with Crippen molar-refractivity contribution in [2.75, 3.05) is 19.6 Å². The molecule has 1 aliphatic heterocycles. The van der Waals surface area contributed by atoms with E-state index in [9.17, 15) is 4.79 Å². The fourth-order valence-corrected chi connectivity index (χ4v) is 2.28. The van der Waals surface area contributed by atoms with E-state index in [0.29, 0.717) is 6.54 Å². The molecule has 0 spiro atoms. The molecule has 94 valence electrons. The number of hydrogen-bond acceptors (Lipinski definition) is 2. The average molecular weight is 226 g/mol. The SMILES string of the molecule is CCCC(C)(C)NCC(=O)N1CCCCC1. The van der Waals surface area contributed by atoms with E-state index in [0.717, 1.165) is 25.9 Å². The number of likely N-dealkylation sites (tertiary alicyclic amines) is 1. The van der Waals surface area contributed by atoms with Gasteiger partial charge in [0.2, 0.25) is 5.91 Å². The Balaban J connectivity index is 2.28. The molecule has 0 bridgehead atoms. The third kappa shape index (κ3) is 4.52. The largest absolute Gasteiger partial charge is 0.342 e. The third-order valence-corrected chi connectivity index (χ3v) is 3.30. The van der Waals surface area contributed by atoms with E-state index in [1.165, 1.54) is 19.3 Å². The number of carbonyl (C=O) groups excluding carboxylic acids is 1. The number of nitrogens with one attached hydrogen (secondary N) is 1. The van der Waals surface area contributed by atoms with Crippen molar-refractivity contribution in [2.24, 2.45) is 0 Å². The van der Waals surface area contributed by atoms with E-state index < -0.39 is 0 Å². The van der Waals surface area contributed by atoms with Crippen molar-refractivity contribution < 1.29 is 4.79 Å². The molecule has 1 heterocycles. The van der Waals surface area contributed by atoms with Gasteiger partial charge in [-0.05, 0) is 39.5 Å². The molecule has 1 aliphatic rings. The van der Waals surface area contributed by atoms with Crippen LogP contribution in [-0.2, 0) is 4.79 Å². The van der Waals surface area contributed by atoms with Gasteiger partial charge in [0.25, 0.3) is 0 Å². The molecule has 1 amide bonds. The quantitative estimate of drug-likeness (QED) is 0.779. The third-order valence-electron chi connectivity index (χ3n) is 3.30. The lowest BCUT2D eigenvalue weighted by atomic mass is 9.99. The van der Waals surface area contributed by atoms with Crippen molar-refractivity contribution in [1.29, 1.82) is 0 Å². The molecule has 1 N–H and O–H groups in total. The van der Waals surface area contributed by atoms with Crippen LogP contribution in [0, 0.1) is 0 Å². The summed E-state index contributed by atoms with van der Waals surface area (Å²) in [5.41, 5.74) is 0.0835. The minimum absolute atomic E-state index is 0.0835. The standard InChI is InChI=1S/C13H26N2O/c1-4-8-13(2,3)14-11-12(16)15-9-6-5-7-10-15/h14H,4-11H2,1-3H3. The molecular weight excluding hydrogens is 200 g/mol. The highest BCUT2D eigenvalue weighted by atomic mass is 16.2. The zero-order chi connectivity index (χ0) is 12.0. The number of amides is 1. The molecule has 0 aliphatic carbocycles. The summed E-state index contributed by atoms with van der Waals surface area (Å²) in [5.74, 6) is 0.267. The Morgan fingerprint density at radius 3 is 2.44 bits per heavy atom. The van der Waals surface area contributed by atoms with Gasteiger partial charge in [-0.2, -0.15) is 0 Å². The zero-order valence-electron chi connectivity index (χ0n) is 11.0. The van der Waals surface area contributed by atoms with Crippen molar-refractivity contribution in [1.82, 2.24) is 10.2 Å². The van der Waals surface area contributed by atoms with E-state index in [-0.39, 0.29) is 11.4 Å². The summed E-state index contributed by atoms with van der Waals surface area (Å²) in [4.78, 5) is 13.9. The molecule has 16 heavy (non-hydrogen) atoms. The van der Waals surface area contributed by atoms with Crippen LogP contribution >= 0.6 is 0 Å². The highest BCUT2D eigenvalue weighted by Gasteiger charge is 2.20. The van der Waals surface area contributed by atoms with Crippen LogP contribution in [0.2, 0.25) is 0 Å². The van der Waals surface area contributed by atoms with Crippen LogP contribution in [0.5, 0.6) is 0 Å². The summed E-state index contributed by atoms with van der Waals surface area (Å²) in [6.07, 6.45) is 5.88. The Bertz CT molecular complexity index is 220. The molecule has 0 atom stereocenters. The van der Waals surface area contributed by atoms with Crippen LogP contribution in [0.4, 0.5) is 0 Å². The lowest BCUT2D eigenvalue weighted by Gasteiger charge is -2.30. The molecule has 0 radical (unpaired) electrons. The Labute approximate surface area is 99.6 Å². The van der Waals surface area contributed by atoms with Crippen LogP contribution in [0.25, 0.3) is 0 Å². The predicted molar refractivity (Wildman–Crippen MR) is 67.4 cm³/mol. The monoisotopic (exact) mass is 226 g/mol. The maximum Gasteiger partial charge on any atom is 0.236 e. The summed E-state index contributed by atoms with van der Waals surface area (Å²) in [6.45, 7) is 8.91. The number of nitrogens with zero attached hydrogens (tertiary/aromatic N) is 1. The number of carbonyl (C=O) groups is 1. The molecule has 0 saturated carbocycles. The molecule has 3 nitrogen and oxygen atoms in total. The molecule has 3 heteroatoms. The van der Waals surface area contributed by atoms with Crippen molar-refractivity contribution in [2.45, 2.75) is 58.4 Å². The maximum atomic E-state index is 11.9. The summed E-state index contributed by atoms with van der Waals surface area (Å²) in [7, 11) is 0. The fourth-order valence-electron chi connectivity index (χ4n) is 2.28. The molecule has 0 aromatic rings. The molecule has 0 aromatic heterocycles. The van der Waals surface area contributed by atoms with Crippen LogP contribution in [0.3, 0.4) is 0 Å². The predicted octanol–water partition coefficient (Wildman–Crippen LogP) is 2.17. The Morgan fingerprint density at radius 2 is 1.88 bits per heavy atom. The van der Waals surface area contributed by atoms with E-state index in [1.807, 2.05) is 4.90 Å². The molecule has 0 aromatic carbocycles. The van der Waals surface area contributed by atoms with E-state index >= 15 is 0 Å². The first-order valence-electron chi connectivity index (χ1n) is 6.58. The van der Waals surface area contributed by atoms with E-state index in [1.54, 1.807) is 0 Å². The lowest BCUT2D eigenvalue weighted by molar-refractivity contribution is -0.131.